The Balaban J connectivity index is 3.21. The van der Waals surface area contributed by atoms with E-state index in [0.717, 1.165) is 0 Å². The minimum atomic E-state index is -0.675. The Labute approximate surface area is 90.5 Å². The molecule has 0 heterocycles. The molecular weight excluding hydrogens is 251 g/mol. The minimum Gasteiger partial charge on any atom is -0.396 e. The van der Waals surface area contributed by atoms with Gasteiger partial charge < -0.3 is 10.2 Å². The van der Waals surface area contributed by atoms with E-state index in [1.807, 2.05) is 0 Å². The lowest BCUT2D eigenvalue weighted by Crippen LogP contribution is -2.03. The Hall–Kier alpha value is -0.450. The Bertz CT molecular complexity index is 326. The fourth-order valence-corrected chi connectivity index (χ4v) is 2.24. The van der Waals surface area contributed by atoms with E-state index in [4.69, 9.17) is 5.11 Å². The number of aliphatic hydroxyl groups is 2. The zero-order valence-electron chi connectivity index (χ0n) is 7.80. The monoisotopic (exact) mass is 262 g/mol. The van der Waals surface area contributed by atoms with Gasteiger partial charge in [0.1, 0.15) is 5.82 Å². The fourth-order valence-electron chi connectivity index (χ4n) is 1.43. The Morgan fingerprint density at radius 3 is 2.64 bits per heavy atom. The van der Waals surface area contributed by atoms with Gasteiger partial charge in [0, 0.05) is 11.1 Å². The number of hydrogen-bond donors (Lipinski definition) is 2. The van der Waals surface area contributed by atoms with Gasteiger partial charge in [-0.3, -0.25) is 0 Å². The van der Waals surface area contributed by atoms with Crippen molar-refractivity contribution in [2.45, 2.75) is 19.4 Å². The average Bonchev–Trinajstić information content (AvgIpc) is 2.01. The minimum absolute atomic E-state index is 0.0599. The third-order valence-corrected chi connectivity index (χ3v) is 2.63. The van der Waals surface area contributed by atoms with Gasteiger partial charge in [-0.1, -0.05) is 15.9 Å². The van der Waals surface area contributed by atoms with E-state index in [-0.39, 0.29) is 12.4 Å². The summed E-state index contributed by atoms with van der Waals surface area (Å²) in [5, 5.41) is 18.3. The molecule has 0 aromatic heterocycles. The van der Waals surface area contributed by atoms with Gasteiger partial charge in [-0.05, 0) is 36.6 Å². The predicted octanol–water partition coefficient (Wildman–Crippen LogP) is 2.18. The largest absolute Gasteiger partial charge is 0.396 e. The van der Waals surface area contributed by atoms with Crippen LogP contribution in [0.2, 0.25) is 0 Å². The van der Waals surface area contributed by atoms with Crippen LogP contribution in [0.25, 0.3) is 0 Å². The first-order valence-corrected chi connectivity index (χ1v) is 5.12. The summed E-state index contributed by atoms with van der Waals surface area (Å²) in [6.45, 7) is 1.55. The topological polar surface area (TPSA) is 40.5 Å². The molecule has 1 unspecified atom stereocenters. The SMILES string of the molecule is CC(O)c1c(Br)cc(F)cc1CCO. The summed E-state index contributed by atoms with van der Waals surface area (Å²) in [4.78, 5) is 0. The highest BCUT2D eigenvalue weighted by Gasteiger charge is 2.13. The molecule has 0 spiro atoms. The Morgan fingerprint density at radius 2 is 2.14 bits per heavy atom. The van der Waals surface area contributed by atoms with Crippen LogP contribution in [-0.4, -0.2) is 16.8 Å². The Morgan fingerprint density at radius 1 is 1.50 bits per heavy atom. The molecule has 14 heavy (non-hydrogen) atoms. The van der Waals surface area contributed by atoms with Crippen LogP contribution in [0.1, 0.15) is 24.2 Å². The van der Waals surface area contributed by atoms with E-state index in [9.17, 15) is 9.50 Å². The lowest BCUT2D eigenvalue weighted by molar-refractivity contribution is 0.196. The normalized spacial score (nSPS) is 12.9. The highest BCUT2D eigenvalue weighted by molar-refractivity contribution is 9.10. The van der Waals surface area contributed by atoms with Crippen molar-refractivity contribution in [3.63, 3.8) is 0 Å². The number of benzene rings is 1. The van der Waals surface area contributed by atoms with Gasteiger partial charge in [-0.15, -0.1) is 0 Å². The molecule has 2 nitrogen and oxygen atoms in total. The van der Waals surface area contributed by atoms with E-state index >= 15 is 0 Å². The lowest BCUT2D eigenvalue weighted by atomic mass is 10.0. The molecule has 0 saturated heterocycles. The highest BCUT2D eigenvalue weighted by atomic mass is 79.9. The van der Waals surface area contributed by atoms with Crippen molar-refractivity contribution in [1.82, 2.24) is 0 Å². The van der Waals surface area contributed by atoms with Gasteiger partial charge in [0.05, 0.1) is 6.10 Å². The van der Waals surface area contributed by atoms with Crippen molar-refractivity contribution in [2.75, 3.05) is 6.61 Å². The number of rotatable bonds is 3. The first kappa shape index (κ1) is 11.6. The van der Waals surface area contributed by atoms with Crippen molar-refractivity contribution >= 4 is 15.9 Å². The molecule has 0 aliphatic carbocycles. The molecule has 0 aliphatic heterocycles. The van der Waals surface area contributed by atoms with Crippen LogP contribution in [0.4, 0.5) is 4.39 Å². The van der Waals surface area contributed by atoms with Crippen molar-refractivity contribution in [3.05, 3.63) is 33.5 Å². The van der Waals surface area contributed by atoms with Crippen LogP contribution in [-0.2, 0) is 6.42 Å². The summed E-state index contributed by atoms with van der Waals surface area (Å²) in [7, 11) is 0. The molecule has 1 aromatic rings. The van der Waals surface area contributed by atoms with Crippen LogP contribution in [0, 0.1) is 5.82 Å². The smallest absolute Gasteiger partial charge is 0.124 e. The van der Waals surface area contributed by atoms with Crippen LogP contribution in [0.5, 0.6) is 0 Å². The first-order chi connectivity index (χ1) is 6.56. The molecule has 0 bridgehead atoms. The maximum atomic E-state index is 13.0. The van der Waals surface area contributed by atoms with E-state index in [0.29, 0.717) is 22.0 Å². The molecule has 1 atom stereocenters. The third kappa shape index (κ3) is 2.53. The van der Waals surface area contributed by atoms with E-state index in [2.05, 4.69) is 15.9 Å². The summed E-state index contributed by atoms with van der Waals surface area (Å²) >= 11 is 3.19. The van der Waals surface area contributed by atoms with Crippen LogP contribution < -0.4 is 0 Å². The van der Waals surface area contributed by atoms with E-state index in [1.54, 1.807) is 6.92 Å². The standard InChI is InChI=1S/C10H12BrFO2/c1-6(14)10-7(2-3-13)4-8(12)5-9(10)11/h4-6,13-14H,2-3H2,1H3. The Kier molecular flexibility index (Phi) is 4.04. The zero-order valence-corrected chi connectivity index (χ0v) is 9.38. The van der Waals surface area contributed by atoms with Gasteiger partial charge in [0.2, 0.25) is 0 Å². The average molecular weight is 263 g/mol. The molecule has 1 rings (SSSR count). The summed E-state index contributed by atoms with van der Waals surface area (Å²) in [5.74, 6) is -0.371. The van der Waals surface area contributed by atoms with Gasteiger partial charge in [0.15, 0.2) is 0 Å². The number of halogens is 2. The molecule has 0 radical (unpaired) electrons. The zero-order chi connectivity index (χ0) is 10.7. The van der Waals surface area contributed by atoms with Gasteiger partial charge in [0.25, 0.3) is 0 Å². The molecule has 0 aliphatic rings. The molecule has 1 aromatic carbocycles. The van der Waals surface area contributed by atoms with Crippen molar-refractivity contribution in [3.8, 4) is 0 Å². The van der Waals surface area contributed by atoms with E-state index in [1.165, 1.54) is 12.1 Å². The maximum absolute atomic E-state index is 13.0. The van der Waals surface area contributed by atoms with Gasteiger partial charge in [-0.25, -0.2) is 4.39 Å². The summed E-state index contributed by atoms with van der Waals surface area (Å²) in [6.07, 6.45) is -0.331. The third-order valence-electron chi connectivity index (χ3n) is 1.98. The second-order valence-corrected chi connectivity index (χ2v) is 3.96. The highest BCUT2D eigenvalue weighted by Crippen LogP contribution is 2.28. The molecule has 0 fully saturated rings. The van der Waals surface area contributed by atoms with Crippen molar-refractivity contribution in [1.29, 1.82) is 0 Å². The van der Waals surface area contributed by atoms with E-state index < -0.39 is 6.10 Å². The molecular formula is C10H12BrFO2. The van der Waals surface area contributed by atoms with Gasteiger partial charge in [-0.2, -0.15) is 0 Å². The molecule has 0 saturated carbocycles. The lowest BCUT2D eigenvalue weighted by Gasteiger charge is -2.13. The molecule has 0 amide bonds. The van der Waals surface area contributed by atoms with Crippen LogP contribution in [0.15, 0.2) is 16.6 Å². The van der Waals surface area contributed by atoms with Gasteiger partial charge >= 0.3 is 0 Å². The van der Waals surface area contributed by atoms with Crippen molar-refractivity contribution < 1.29 is 14.6 Å². The summed E-state index contributed by atoms with van der Waals surface area (Å²) in [5.41, 5.74) is 1.27. The predicted molar refractivity (Wildman–Crippen MR) is 55.5 cm³/mol. The van der Waals surface area contributed by atoms with Crippen LogP contribution >= 0.6 is 15.9 Å². The van der Waals surface area contributed by atoms with Crippen molar-refractivity contribution in [2.24, 2.45) is 0 Å². The summed E-state index contributed by atoms with van der Waals surface area (Å²) < 4.78 is 13.5. The molecule has 4 heteroatoms. The fraction of sp³-hybridized carbons (Fsp3) is 0.400. The molecule has 78 valence electrons. The maximum Gasteiger partial charge on any atom is 0.124 e. The quantitative estimate of drug-likeness (QED) is 0.877. The summed E-state index contributed by atoms with van der Waals surface area (Å²) in [6, 6.07) is 2.64. The second-order valence-electron chi connectivity index (χ2n) is 3.11. The second kappa shape index (κ2) is 4.87. The number of aliphatic hydroxyl groups excluding tert-OH is 2. The number of hydrogen-bond acceptors (Lipinski definition) is 2. The van der Waals surface area contributed by atoms with Crippen LogP contribution in [0.3, 0.4) is 0 Å². The first-order valence-electron chi connectivity index (χ1n) is 4.33. The molecule has 2 N–H and O–H groups in total.